The molecule has 170 valence electrons. The minimum absolute atomic E-state index is 0.184. The van der Waals surface area contributed by atoms with Gasteiger partial charge in [-0.25, -0.2) is 4.79 Å². The standard InChI is InChI=1S/C27H24N4O2S/c1-2-18-11-13-20(14-12-18)31-25(24(29-27(31)34)22-9-3-4-15-28-22)23-10-6-16-30(23)21-8-5-7-19(17-21)26(32)33/h3-17,24-25H,2H2,1H3,(H,29,34)(H,32,33)/t24-,25-/m1/s1. The number of carboxylic acid groups (broad SMARTS) is 1. The molecule has 0 spiro atoms. The molecule has 34 heavy (non-hydrogen) atoms. The third-order valence-corrected chi connectivity index (χ3v) is 6.49. The van der Waals surface area contributed by atoms with Crippen molar-refractivity contribution in [3.8, 4) is 5.69 Å². The van der Waals surface area contributed by atoms with Crippen LogP contribution in [0.1, 0.15) is 46.3 Å². The van der Waals surface area contributed by atoms with Gasteiger partial charge >= 0.3 is 5.97 Å². The minimum Gasteiger partial charge on any atom is -0.478 e. The number of pyridine rings is 1. The van der Waals surface area contributed by atoms with E-state index in [-0.39, 0.29) is 17.6 Å². The summed E-state index contributed by atoms with van der Waals surface area (Å²) in [5.41, 5.74) is 5.13. The number of hydrogen-bond donors (Lipinski definition) is 2. The van der Waals surface area contributed by atoms with Gasteiger partial charge in [0.1, 0.15) is 6.04 Å². The Hall–Kier alpha value is -3.97. The van der Waals surface area contributed by atoms with Crippen LogP contribution in [-0.4, -0.2) is 25.7 Å². The number of anilines is 1. The van der Waals surface area contributed by atoms with Crippen molar-refractivity contribution in [1.29, 1.82) is 0 Å². The average molecular weight is 469 g/mol. The number of rotatable bonds is 6. The van der Waals surface area contributed by atoms with Gasteiger partial charge in [-0.1, -0.05) is 31.2 Å². The summed E-state index contributed by atoms with van der Waals surface area (Å²) >= 11 is 5.83. The second kappa shape index (κ2) is 9.11. The van der Waals surface area contributed by atoms with Crippen molar-refractivity contribution in [2.24, 2.45) is 0 Å². The zero-order valence-electron chi connectivity index (χ0n) is 18.6. The molecule has 0 bridgehead atoms. The van der Waals surface area contributed by atoms with Crippen LogP contribution >= 0.6 is 12.2 Å². The van der Waals surface area contributed by atoms with Gasteiger partial charge in [-0.05, 0) is 78.8 Å². The number of aromatic carboxylic acids is 1. The predicted molar refractivity (Wildman–Crippen MR) is 136 cm³/mol. The molecule has 0 aliphatic carbocycles. The van der Waals surface area contributed by atoms with Gasteiger partial charge in [0.05, 0.1) is 17.3 Å². The van der Waals surface area contributed by atoms with Gasteiger partial charge in [-0.2, -0.15) is 0 Å². The highest BCUT2D eigenvalue weighted by atomic mass is 32.1. The summed E-state index contributed by atoms with van der Waals surface area (Å²) in [4.78, 5) is 18.3. The SMILES string of the molecule is CCc1ccc(N2C(=S)N[C@H](c3ccccn3)[C@H]2c2cccn2-c2cccc(C(=O)O)c2)cc1. The Morgan fingerprint density at radius 3 is 2.56 bits per heavy atom. The summed E-state index contributed by atoms with van der Waals surface area (Å²) < 4.78 is 2.02. The van der Waals surface area contributed by atoms with Gasteiger partial charge in [0.15, 0.2) is 5.11 Å². The number of nitrogens with zero attached hydrogens (tertiary/aromatic N) is 3. The van der Waals surface area contributed by atoms with Crippen molar-refractivity contribution in [2.75, 3.05) is 4.90 Å². The summed E-state index contributed by atoms with van der Waals surface area (Å²) in [5, 5.41) is 13.6. The van der Waals surface area contributed by atoms with E-state index in [2.05, 4.69) is 52.5 Å². The van der Waals surface area contributed by atoms with E-state index < -0.39 is 5.97 Å². The maximum atomic E-state index is 11.6. The maximum Gasteiger partial charge on any atom is 0.335 e. The predicted octanol–water partition coefficient (Wildman–Crippen LogP) is 5.31. The van der Waals surface area contributed by atoms with E-state index in [9.17, 15) is 9.90 Å². The van der Waals surface area contributed by atoms with Crippen molar-refractivity contribution in [3.63, 3.8) is 0 Å². The molecule has 0 saturated carbocycles. The number of carboxylic acids is 1. The molecule has 5 rings (SSSR count). The molecule has 1 aliphatic heterocycles. The maximum absolute atomic E-state index is 11.6. The molecule has 6 nitrogen and oxygen atoms in total. The number of nitrogens with one attached hydrogen (secondary N) is 1. The van der Waals surface area contributed by atoms with Crippen LogP contribution in [0.15, 0.2) is 91.3 Å². The Kier molecular flexibility index (Phi) is 5.86. The lowest BCUT2D eigenvalue weighted by Gasteiger charge is -2.29. The highest BCUT2D eigenvalue weighted by Crippen LogP contribution is 2.42. The monoisotopic (exact) mass is 468 g/mol. The van der Waals surface area contributed by atoms with E-state index in [0.717, 1.165) is 29.2 Å². The molecule has 2 atom stereocenters. The van der Waals surface area contributed by atoms with Crippen LogP contribution in [0.2, 0.25) is 0 Å². The molecule has 1 aliphatic rings. The van der Waals surface area contributed by atoms with Crippen LogP contribution < -0.4 is 10.2 Å². The number of aryl methyl sites for hydroxylation is 1. The molecule has 2 aromatic heterocycles. The van der Waals surface area contributed by atoms with Crippen molar-refractivity contribution < 1.29 is 9.90 Å². The van der Waals surface area contributed by atoms with Crippen molar-refractivity contribution >= 4 is 29.0 Å². The van der Waals surface area contributed by atoms with E-state index >= 15 is 0 Å². The van der Waals surface area contributed by atoms with Crippen molar-refractivity contribution in [1.82, 2.24) is 14.9 Å². The van der Waals surface area contributed by atoms with Gasteiger partial charge < -0.3 is 19.9 Å². The van der Waals surface area contributed by atoms with E-state index in [1.807, 2.05) is 41.1 Å². The Bertz CT molecular complexity index is 1330. The smallest absolute Gasteiger partial charge is 0.335 e. The van der Waals surface area contributed by atoms with Crippen molar-refractivity contribution in [3.05, 3.63) is 114 Å². The molecule has 1 fully saturated rings. The summed E-state index contributed by atoms with van der Waals surface area (Å²) in [5.74, 6) is -0.955. The fourth-order valence-corrected chi connectivity index (χ4v) is 4.83. The Morgan fingerprint density at radius 1 is 1.03 bits per heavy atom. The summed E-state index contributed by atoms with van der Waals surface area (Å²) in [6.45, 7) is 2.13. The Morgan fingerprint density at radius 2 is 1.85 bits per heavy atom. The van der Waals surface area contributed by atoms with E-state index in [4.69, 9.17) is 12.2 Å². The summed E-state index contributed by atoms with van der Waals surface area (Å²) in [6.07, 6.45) is 4.70. The van der Waals surface area contributed by atoms with Crippen LogP contribution in [0.25, 0.3) is 5.69 Å². The molecule has 2 N–H and O–H groups in total. The topological polar surface area (TPSA) is 70.4 Å². The molecule has 1 saturated heterocycles. The Labute approximate surface area is 203 Å². The van der Waals surface area contributed by atoms with Crippen molar-refractivity contribution in [2.45, 2.75) is 25.4 Å². The first kappa shape index (κ1) is 21.9. The molecule has 3 heterocycles. The van der Waals surface area contributed by atoms with Crippen LogP contribution in [-0.2, 0) is 6.42 Å². The summed E-state index contributed by atoms with van der Waals surface area (Å²) in [7, 11) is 0. The number of benzene rings is 2. The fraction of sp³-hybridized carbons (Fsp3) is 0.148. The second-order valence-corrected chi connectivity index (χ2v) is 8.56. The van der Waals surface area contributed by atoms with Gasteiger partial charge in [0.2, 0.25) is 0 Å². The lowest BCUT2D eigenvalue weighted by molar-refractivity contribution is 0.0697. The van der Waals surface area contributed by atoms with Crippen LogP contribution in [0, 0.1) is 0 Å². The van der Waals surface area contributed by atoms with Gasteiger partial charge in [-0.3, -0.25) is 4.98 Å². The lowest BCUT2D eigenvalue weighted by Crippen LogP contribution is -2.30. The second-order valence-electron chi connectivity index (χ2n) is 8.18. The molecule has 0 amide bonds. The summed E-state index contributed by atoms with van der Waals surface area (Å²) in [6, 6.07) is 24.9. The Balaban J connectivity index is 1.65. The number of hydrogen-bond acceptors (Lipinski definition) is 3. The van der Waals surface area contributed by atoms with Crippen LogP contribution in [0.5, 0.6) is 0 Å². The van der Waals surface area contributed by atoms with E-state index in [0.29, 0.717) is 5.11 Å². The zero-order chi connectivity index (χ0) is 23.7. The molecule has 0 unspecified atom stereocenters. The molecular weight excluding hydrogens is 444 g/mol. The third kappa shape index (κ3) is 3.95. The highest BCUT2D eigenvalue weighted by molar-refractivity contribution is 7.80. The van der Waals surface area contributed by atoms with Crippen LogP contribution in [0.3, 0.4) is 0 Å². The normalized spacial score (nSPS) is 17.6. The molecule has 7 heteroatoms. The number of aromatic nitrogens is 2. The lowest BCUT2D eigenvalue weighted by atomic mass is 10.0. The molecule has 0 radical (unpaired) electrons. The van der Waals surface area contributed by atoms with Crippen LogP contribution in [0.4, 0.5) is 5.69 Å². The minimum atomic E-state index is -0.955. The first-order valence-corrected chi connectivity index (χ1v) is 11.6. The molecular formula is C27H24N4O2S. The first-order chi connectivity index (χ1) is 16.6. The van der Waals surface area contributed by atoms with E-state index in [1.54, 1.807) is 24.4 Å². The highest BCUT2D eigenvalue weighted by Gasteiger charge is 2.42. The quantitative estimate of drug-likeness (QED) is 0.374. The molecule has 2 aromatic carbocycles. The van der Waals surface area contributed by atoms with E-state index in [1.165, 1.54) is 5.56 Å². The van der Waals surface area contributed by atoms with Gasteiger partial charge in [-0.15, -0.1) is 0 Å². The fourth-order valence-electron chi connectivity index (χ4n) is 4.48. The zero-order valence-corrected chi connectivity index (χ0v) is 19.4. The number of carbonyl (C=O) groups is 1. The number of thiocarbonyl (C=S) groups is 1. The average Bonchev–Trinajstić information content (AvgIpc) is 3.49. The third-order valence-electron chi connectivity index (χ3n) is 6.18. The largest absolute Gasteiger partial charge is 0.478 e. The molecule has 4 aromatic rings. The van der Waals surface area contributed by atoms with Gasteiger partial charge in [0, 0.05) is 29.5 Å². The first-order valence-electron chi connectivity index (χ1n) is 11.2. The van der Waals surface area contributed by atoms with Gasteiger partial charge in [0.25, 0.3) is 0 Å².